The van der Waals surface area contributed by atoms with Crippen LogP contribution in [0.15, 0.2) is 30.3 Å². The van der Waals surface area contributed by atoms with Gasteiger partial charge in [-0.25, -0.2) is 9.97 Å². The van der Waals surface area contributed by atoms with Gasteiger partial charge < -0.3 is 10.6 Å². The zero-order valence-electron chi connectivity index (χ0n) is 15.8. The number of aromatic nitrogens is 2. The smallest absolute Gasteiger partial charge is 0.270 e. The van der Waals surface area contributed by atoms with E-state index >= 15 is 0 Å². The summed E-state index contributed by atoms with van der Waals surface area (Å²) in [6.45, 7) is 2.37. The van der Waals surface area contributed by atoms with E-state index in [1.165, 1.54) is 25.7 Å². The maximum absolute atomic E-state index is 12.5. The standard InChI is InChI=1S/C21H27ClN4O/c1-15-24-19(14-20(25-15)26-18-6-4-2-3-5-7-18)21(27)23-13-12-16-8-10-17(22)11-9-16/h8-11,14,18H,2-7,12-13H2,1H3,(H,23,27)(H,24,25,26). The van der Waals surface area contributed by atoms with E-state index in [2.05, 4.69) is 20.6 Å². The van der Waals surface area contributed by atoms with Crippen LogP contribution in [0.4, 0.5) is 5.82 Å². The zero-order chi connectivity index (χ0) is 19.1. The Kier molecular flexibility index (Phi) is 7.04. The molecule has 0 atom stereocenters. The Balaban J connectivity index is 1.57. The van der Waals surface area contributed by atoms with E-state index in [1.54, 1.807) is 6.07 Å². The molecule has 1 aromatic heterocycles. The Morgan fingerprint density at radius 1 is 1.11 bits per heavy atom. The maximum Gasteiger partial charge on any atom is 0.270 e. The van der Waals surface area contributed by atoms with Crippen LogP contribution in [0.1, 0.15) is 60.4 Å². The first-order valence-electron chi connectivity index (χ1n) is 9.75. The molecule has 1 aromatic carbocycles. The number of carbonyl (C=O) groups is 1. The zero-order valence-corrected chi connectivity index (χ0v) is 16.6. The van der Waals surface area contributed by atoms with Crippen molar-refractivity contribution in [2.24, 2.45) is 0 Å². The first-order chi connectivity index (χ1) is 13.1. The van der Waals surface area contributed by atoms with Gasteiger partial charge in [-0.3, -0.25) is 4.79 Å². The van der Waals surface area contributed by atoms with Crippen LogP contribution in [0.5, 0.6) is 0 Å². The minimum Gasteiger partial charge on any atom is -0.367 e. The van der Waals surface area contributed by atoms with E-state index in [9.17, 15) is 4.79 Å². The van der Waals surface area contributed by atoms with Crippen LogP contribution in [-0.2, 0) is 6.42 Å². The van der Waals surface area contributed by atoms with E-state index in [0.717, 1.165) is 30.6 Å². The second kappa shape index (κ2) is 9.70. The molecule has 0 unspecified atom stereocenters. The fourth-order valence-corrected chi connectivity index (χ4v) is 3.58. The molecule has 1 fully saturated rings. The normalized spacial score (nSPS) is 15.2. The third-order valence-corrected chi connectivity index (χ3v) is 5.14. The summed E-state index contributed by atoms with van der Waals surface area (Å²) >= 11 is 5.89. The number of amides is 1. The Labute approximate surface area is 166 Å². The average molecular weight is 387 g/mol. The van der Waals surface area contributed by atoms with Gasteiger partial charge in [-0.15, -0.1) is 0 Å². The average Bonchev–Trinajstić information content (AvgIpc) is 2.91. The highest BCUT2D eigenvalue weighted by Gasteiger charge is 2.15. The molecule has 1 aliphatic rings. The molecule has 2 N–H and O–H groups in total. The topological polar surface area (TPSA) is 66.9 Å². The minimum absolute atomic E-state index is 0.168. The molecule has 0 spiro atoms. The SMILES string of the molecule is Cc1nc(NC2CCCCCC2)cc(C(=O)NCCc2ccc(Cl)cc2)n1. The summed E-state index contributed by atoms with van der Waals surface area (Å²) in [6, 6.07) is 9.85. The van der Waals surface area contributed by atoms with Crippen LogP contribution >= 0.6 is 11.6 Å². The Bertz CT molecular complexity index is 755. The van der Waals surface area contributed by atoms with Gasteiger partial charge in [-0.2, -0.15) is 0 Å². The van der Waals surface area contributed by atoms with E-state index in [1.807, 2.05) is 31.2 Å². The fourth-order valence-electron chi connectivity index (χ4n) is 3.45. The third-order valence-electron chi connectivity index (χ3n) is 4.89. The van der Waals surface area contributed by atoms with E-state index in [0.29, 0.717) is 29.1 Å². The highest BCUT2D eigenvalue weighted by atomic mass is 35.5. The number of nitrogens with zero attached hydrogens (tertiary/aromatic N) is 2. The highest BCUT2D eigenvalue weighted by Crippen LogP contribution is 2.20. The summed E-state index contributed by atoms with van der Waals surface area (Å²) in [7, 11) is 0. The number of anilines is 1. The number of rotatable bonds is 6. The molecule has 0 radical (unpaired) electrons. The van der Waals surface area contributed by atoms with Crippen LogP contribution in [0, 0.1) is 6.92 Å². The van der Waals surface area contributed by atoms with Gasteiger partial charge in [-0.1, -0.05) is 49.4 Å². The van der Waals surface area contributed by atoms with Crippen LogP contribution in [0.2, 0.25) is 5.02 Å². The lowest BCUT2D eigenvalue weighted by atomic mass is 10.1. The monoisotopic (exact) mass is 386 g/mol. The Hall–Kier alpha value is -2.14. The van der Waals surface area contributed by atoms with Crippen molar-refractivity contribution < 1.29 is 4.79 Å². The van der Waals surface area contributed by atoms with Gasteiger partial charge in [0, 0.05) is 23.7 Å². The van der Waals surface area contributed by atoms with Crippen molar-refractivity contribution in [3.05, 3.63) is 52.4 Å². The summed E-state index contributed by atoms with van der Waals surface area (Å²) in [5.41, 5.74) is 1.55. The molecule has 27 heavy (non-hydrogen) atoms. The third kappa shape index (κ3) is 6.21. The first-order valence-corrected chi connectivity index (χ1v) is 10.1. The second-order valence-corrected chi connectivity index (χ2v) is 7.59. The number of aryl methyl sites for hydroxylation is 1. The van der Waals surface area contributed by atoms with Crippen molar-refractivity contribution in [3.63, 3.8) is 0 Å². The molecule has 144 valence electrons. The number of nitrogens with one attached hydrogen (secondary N) is 2. The van der Waals surface area contributed by atoms with Crippen molar-refractivity contribution >= 4 is 23.3 Å². The molecular weight excluding hydrogens is 360 g/mol. The number of benzene rings is 1. The van der Waals surface area contributed by atoms with E-state index in [4.69, 9.17) is 11.6 Å². The number of halogens is 1. The van der Waals surface area contributed by atoms with Crippen molar-refractivity contribution in [3.8, 4) is 0 Å². The molecular formula is C21H27ClN4O. The van der Waals surface area contributed by atoms with Crippen LogP contribution < -0.4 is 10.6 Å². The lowest BCUT2D eigenvalue weighted by Gasteiger charge is -2.17. The number of carbonyl (C=O) groups excluding carboxylic acids is 1. The summed E-state index contributed by atoms with van der Waals surface area (Å²) in [5.74, 6) is 1.19. The van der Waals surface area contributed by atoms with Crippen molar-refractivity contribution in [1.82, 2.24) is 15.3 Å². The van der Waals surface area contributed by atoms with Gasteiger partial charge in [-0.05, 0) is 43.9 Å². The van der Waals surface area contributed by atoms with Crippen molar-refractivity contribution in [2.45, 2.75) is 57.9 Å². The van der Waals surface area contributed by atoms with Crippen molar-refractivity contribution in [2.75, 3.05) is 11.9 Å². The molecule has 1 aliphatic carbocycles. The second-order valence-electron chi connectivity index (χ2n) is 7.15. The van der Waals surface area contributed by atoms with Gasteiger partial charge in [0.15, 0.2) is 0 Å². The largest absolute Gasteiger partial charge is 0.367 e. The molecule has 0 bridgehead atoms. The Morgan fingerprint density at radius 3 is 2.52 bits per heavy atom. The van der Waals surface area contributed by atoms with Crippen molar-refractivity contribution in [1.29, 1.82) is 0 Å². The lowest BCUT2D eigenvalue weighted by Crippen LogP contribution is -2.27. The summed E-state index contributed by atoms with van der Waals surface area (Å²) in [4.78, 5) is 21.3. The summed E-state index contributed by atoms with van der Waals surface area (Å²) in [5, 5.41) is 7.16. The molecule has 6 heteroatoms. The number of hydrogen-bond acceptors (Lipinski definition) is 4. The maximum atomic E-state index is 12.5. The van der Waals surface area contributed by atoms with E-state index < -0.39 is 0 Å². The van der Waals surface area contributed by atoms with Gasteiger partial charge in [0.05, 0.1) is 0 Å². The summed E-state index contributed by atoms with van der Waals surface area (Å²) < 4.78 is 0. The molecule has 1 amide bonds. The lowest BCUT2D eigenvalue weighted by molar-refractivity contribution is 0.0949. The van der Waals surface area contributed by atoms with Crippen LogP contribution in [-0.4, -0.2) is 28.5 Å². The predicted octanol–water partition coefficient (Wildman–Crippen LogP) is 4.55. The fraction of sp³-hybridized carbons (Fsp3) is 0.476. The quantitative estimate of drug-likeness (QED) is 0.715. The first kappa shape index (κ1) is 19.6. The summed E-state index contributed by atoms with van der Waals surface area (Å²) in [6.07, 6.45) is 8.18. The molecule has 1 heterocycles. The van der Waals surface area contributed by atoms with Gasteiger partial charge in [0.2, 0.25) is 0 Å². The van der Waals surface area contributed by atoms with Gasteiger partial charge in [0.25, 0.3) is 5.91 Å². The molecule has 5 nitrogen and oxygen atoms in total. The van der Waals surface area contributed by atoms with E-state index in [-0.39, 0.29) is 5.91 Å². The van der Waals surface area contributed by atoms with Gasteiger partial charge in [0.1, 0.15) is 17.3 Å². The number of hydrogen-bond donors (Lipinski definition) is 2. The Morgan fingerprint density at radius 2 is 1.81 bits per heavy atom. The minimum atomic E-state index is -0.168. The highest BCUT2D eigenvalue weighted by molar-refractivity contribution is 6.30. The van der Waals surface area contributed by atoms with Gasteiger partial charge >= 0.3 is 0 Å². The molecule has 0 aliphatic heterocycles. The molecule has 1 saturated carbocycles. The molecule has 2 aromatic rings. The van der Waals surface area contributed by atoms with Crippen LogP contribution in [0.3, 0.4) is 0 Å². The van der Waals surface area contributed by atoms with Crippen LogP contribution in [0.25, 0.3) is 0 Å². The molecule has 0 saturated heterocycles. The predicted molar refractivity (Wildman–Crippen MR) is 109 cm³/mol. The molecule has 3 rings (SSSR count).